The summed E-state index contributed by atoms with van der Waals surface area (Å²) in [6.07, 6.45) is 11.9. The Morgan fingerprint density at radius 1 is 1.25 bits per heavy atom. The Hall–Kier alpha value is -0.520. The maximum atomic E-state index is 3.72. The average Bonchev–Trinajstić information content (AvgIpc) is 2.11. The van der Waals surface area contributed by atoms with E-state index in [1.54, 1.807) is 5.57 Å². The van der Waals surface area contributed by atoms with Gasteiger partial charge in [0.15, 0.2) is 0 Å². The predicted molar refractivity (Wildman–Crippen MR) is 57.3 cm³/mol. The van der Waals surface area contributed by atoms with Gasteiger partial charge in [0.1, 0.15) is 0 Å². The summed E-state index contributed by atoms with van der Waals surface area (Å²) in [5, 5.41) is 0. The minimum atomic E-state index is 1.04. The predicted octanol–water partition coefficient (Wildman–Crippen LogP) is 4.48. The highest BCUT2D eigenvalue weighted by Gasteiger charge is 1.92. The first-order valence-corrected chi connectivity index (χ1v) is 5.13. The van der Waals surface area contributed by atoms with E-state index in [1.807, 2.05) is 6.08 Å². The lowest BCUT2D eigenvalue weighted by molar-refractivity contribution is 0.700. The van der Waals surface area contributed by atoms with E-state index in [4.69, 9.17) is 0 Å². The van der Waals surface area contributed by atoms with E-state index >= 15 is 0 Å². The van der Waals surface area contributed by atoms with Crippen molar-refractivity contribution in [2.45, 2.75) is 52.4 Å². The Morgan fingerprint density at radius 2 is 2.00 bits per heavy atom. The molecule has 0 aliphatic heterocycles. The van der Waals surface area contributed by atoms with Crippen LogP contribution in [0, 0.1) is 0 Å². The Morgan fingerprint density at radius 3 is 2.50 bits per heavy atom. The molecule has 0 aromatic rings. The summed E-state index contributed by atoms with van der Waals surface area (Å²) >= 11 is 0. The Balaban J connectivity index is 3.58. The summed E-state index contributed by atoms with van der Waals surface area (Å²) in [5.74, 6) is 0. The molecule has 0 saturated heterocycles. The molecule has 0 atom stereocenters. The number of rotatable bonds is 7. The molecular weight excluding hydrogens is 144 g/mol. The second-order valence-electron chi connectivity index (χ2n) is 3.20. The summed E-state index contributed by atoms with van der Waals surface area (Å²) in [6, 6.07) is 0. The molecular formula is C12H22. The summed E-state index contributed by atoms with van der Waals surface area (Å²) in [6.45, 7) is 8.20. The molecule has 0 heterocycles. The van der Waals surface area contributed by atoms with E-state index < -0.39 is 0 Å². The third-order valence-electron chi connectivity index (χ3n) is 2.13. The van der Waals surface area contributed by atoms with Crippen LogP contribution in [0.2, 0.25) is 0 Å². The zero-order valence-corrected chi connectivity index (χ0v) is 8.60. The van der Waals surface area contributed by atoms with E-state index in [-0.39, 0.29) is 0 Å². The standard InChI is InChI=1S/C12H22/c1-4-7-9-11-12(6-3)10-8-5-2/h5,10H,2,4,6-9,11H2,1,3H3. The molecule has 0 saturated carbocycles. The zero-order valence-electron chi connectivity index (χ0n) is 8.60. The molecule has 0 rings (SSSR count). The van der Waals surface area contributed by atoms with Crippen molar-refractivity contribution in [3.63, 3.8) is 0 Å². The highest BCUT2D eigenvalue weighted by Crippen LogP contribution is 2.12. The van der Waals surface area contributed by atoms with Crippen molar-refractivity contribution in [1.29, 1.82) is 0 Å². The second kappa shape index (κ2) is 8.58. The maximum absolute atomic E-state index is 3.72. The normalized spacial score (nSPS) is 11.7. The lowest BCUT2D eigenvalue weighted by Crippen LogP contribution is -1.82. The molecule has 12 heavy (non-hydrogen) atoms. The molecule has 0 aromatic carbocycles. The molecule has 0 heteroatoms. The summed E-state index contributed by atoms with van der Waals surface area (Å²) in [7, 11) is 0. The van der Waals surface area contributed by atoms with Crippen molar-refractivity contribution in [2.75, 3.05) is 0 Å². The van der Waals surface area contributed by atoms with E-state index in [2.05, 4.69) is 26.5 Å². The van der Waals surface area contributed by atoms with Crippen molar-refractivity contribution < 1.29 is 0 Å². The molecule has 0 unspecified atom stereocenters. The fourth-order valence-corrected chi connectivity index (χ4v) is 1.28. The van der Waals surface area contributed by atoms with Gasteiger partial charge in [-0.15, -0.1) is 6.58 Å². The first kappa shape index (κ1) is 11.5. The molecule has 0 amide bonds. The van der Waals surface area contributed by atoms with Gasteiger partial charge in [-0.3, -0.25) is 0 Å². The van der Waals surface area contributed by atoms with Crippen LogP contribution >= 0.6 is 0 Å². The summed E-state index contributed by atoms with van der Waals surface area (Å²) < 4.78 is 0. The maximum Gasteiger partial charge on any atom is -0.0169 e. The number of unbranched alkanes of at least 4 members (excludes halogenated alkanes) is 2. The van der Waals surface area contributed by atoms with Crippen molar-refractivity contribution in [2.24, 2.45) is 0 Å². The molecule has 0 radical (unpaired) electrons. The third-order valence-corrected chi connectivity index (χ3v) is 2.13. The topological polar surface area (TPSA) is 0 Å². The van der Waals surface area contributed by atoms with E-state index in [0.717, 1.165) is 6.42 Å². The van der Waals surface area contributed by atoms with Gasteiger partial charge in [0, 0.05) is 0 Å². The molecule has 0 bridgehead atoms. The van der Waals surface area contributed by atoms with Gasteiger partial charge in [-0.2, -0.15) is 0 Å². The summed E-state index contributed by atoms with van der Waals surface area (Å²) in [5.41, 5.74) is 1.60. The van der Waals surface area contributed by atoms with Gasteiger partial charge in [-0.05, 0) is 25.7 Å². The second-order valence-corrected chi connectivity index (χ2v) is 3.20. The van der Waals surface area contributed by atoms with Crippen LogP contribution in [0.25, 0.3) is 0 Å². The zero-order chi connectivity index (χ0) is 9.23. The van der Waals surface area contributed by atoms with Crippen LogP contribution in [0.3, 0.4) is 0 Å². The van der Waals surface area contributed by atoms with Gasteiger partial charge in [0.2, 0.25) is 0 Å². The monoisotopic (exact) mass is 166 g/mol. The van der Waals surface area contributed by atoms with E-state index in [0.29, 0.717) is 0 Å². The highest BCUT2D eigenvalue weighted by atomic mass is 14.0. The van der Waals surface area contributed by atoms with Crippen LogP contribution in [0.5, 0.6) is 0 Å². The number of hydrogen-bond donors (Lipinski definition) is 0. The largest absolute Gasteiger partial charge is 0.103 e. The molecule has 0 fully saturated rings. The van der Waals surface area contributed by atoms with Crippen LogP contribution in [0.4, 0.5) is 0 Å². The lowest BCUT2D eigenvalue weighted by Gasteiger charge is -2.02. The lowest BCUT2D eigenvalue weighted by atomic mass is 10.0. The number of allylic oxidation sites excluding steroid dienone is 3. The molecule has 0 spiro atoms. The van der Waals surface area contributed by atoms with Gasteiger partial charge in [0.25, 0.3) is 0 Å². The van der Waals surface area contributed by atoms with Crippen LogP contribution in [-0.2, 0) is 0 Å². The Kier molecular flexibility index (Phi) is 8.20. The van der Waals surface area contributed by atoms with Crippen LogP contribution in [0.15, 0.2) is 24.3 Å². The molecule has 0 N–H and O–H groups in total. The van der Waals surface area contributed by atoms with E-state index in [1.165, 1.54) is 32.1 Å². The van der Waals surface area contributed by atoms with Gasteiger partial charge >= 0.3 is 0 Å². The summed E-state index contributed by atoms with van der Waals surface area (Å²) in [4.78, 5) is 0. The molecule has 0 aromatic heterocycles. The average molecular weight is 166 g/mol. The fourth-order valence-electron chi connectivity index (χ4n) is 1.28. The Bertz CT molecular complexity index is 131. The van der Waals surface area contributed by atoms with Crippen molar-refractivity contribution in [3.8, 4) is 0 Å². The van der Waals surface area contributed by atoms with Gasteiger partial charge in [-0.25, -0.2) is 0 Å². The fraction of sp³-hybridized carbons (Fsp3) is 0.667. The molecule has 0 nitrogen and oxygen atoms in total. The van der Waals surface area contributed by atoms with Gasteiger partial charge in [0.05, 0.1) is 0 Å². The molecule has 0 aliphatic carbocycles. The van der Waals surface area contributed by atoms with Crippen LogP contribution < -0.4 is 0 Å². The molecule has 70 valence electrons. The minimum Gasteiger partial charge on any atom is -0.103 e. The smallest absolute Gasteiger partial charge is 0.0169 e. The Labute approximate surface area is 77.4 Å². The molecule has 0 aliphatic rings. The quantitative estimate of drug-likeness (QED) is 0.386. The van der Waals surface area contributed by atoms with Gasteiger partial charge in [-0.1, -0.05) is 44.4 Å². The van der Waals surface area contributed by atoms with E-state index in [9.17, 15) is 0 Å². The van der Waals surface area contributed by atoms with Crippen molar-refractivity contribution in [1.82, 2.24) is 0 Å². The van der Waals surface area contributed by atoms with Crippen molar-refractivity contribution >= 4 is 0 Å². The van der Waals surface area contributed by atoms with Crippen LogP contribution in [-0.4, -0.2) is 0 Å². The first-order chi connectivity index (χ1) is 5.85. The third kappa shape index (κ3) is 6.21. The first-order valence-electron chi connectivity index (χ1n) is 5.13. The minimum absolute atomic E-state index is 1.04. The van der Waals surface area contributed by atoms with Crippen LogP contribution in [0.1, 0.15) is 52.4 Å². The SMILES string of the molecule is C=CCC=C(CC)CCCCC. The van der Waals surface area contributed by atoms with Crippen molar-refractivity contribution in [3.05, 3.63) is 24.3 Å². The highest BCUT2D eigenvalue weighted by molar-refractivity contribution is 5.03. The number of hydrogen-bond acceptors (Lipinski definition) is 0. The van der Waals surface area contributed by atoms with Gasteiger partial charge < -0.3 is 0 Å².